The van der Waals surface area contributed by atoms with Crippen molar-refractivity contribution in [2.45, 2.75) is 6.42 Å². The predicted octanol–water partition coefficient (Wildman–Crippen LogP) is 1.85. The topological polar surface area (TPSA) is 61.1 Å². The molecule has 0 radical (unpaired) electrons. The Morgan fingerprint density at radius 1 is 1.43 bits per heavy atom. The van der Waals surface area contributed by atoms with E-state index in [0.29, 0.717) is 0 Å². The fourth-order valence-electron chi connectivity index (χ4n) is 1.05. The van der Waals surface area contributed by atoms with E-state index in [1.807, 2.05) is 6.07 Å². The number of carboxylic acid groups (broad SMARTS) is 1. The number of carboxylic acids is 1. The molecule has 0 bridgehead atoms. The molecule has 0 spiro atoms. The van der Waals surface area contributed by atoms with E-state index in [2.05, 4.69) is 0 Å². The van der Waals surface area contributed by atoms with Gasteiger partial charge in [-0.15, -0.1) is 0 Å². The molecular weight excluding hydrogens is 178 g/mol. The van der Waals surface area contributed by atoms with Crippen LogP contribution < -0.4 is 0 Å². The van der Waals surface area contributed by atoms with Gasteiger partial charge in [0.25, 0.3) is 0 Å². The maximum absolute atomic E-state index is 10.4. The van der Waals surface area contributed by atoms with E-state index >= 15 is 0 Å². The summed E-state index contributed by atoms with van der Waals surface area (Å²) < 4.78 is 0. The number of benzene rings is 1. The van der Waals surface area contributed by atoms with Crippen LogP contribution in [-0.4, -0.2) is 11.1 Å². The summed E-state index contributed by atoms with van der Waals surface area (Å²) in [6.45, 7) is 0. The van der Waals surface area contributed by atoms with Crippen molar-refractivity contribution in [1.29, 1.82) is 5.26 Å². The van der Waals surface area contributed by atoms with Crippen LogP contribution in [0.15, 0.2) is 30.3 Å². The van der Waals surface area contributed by atoms with E-state index in [4.69, 9.17) is 10.4 Å². The van der Waals surface area contributed by atoms with Crippen molar-refractivity contribution >= 4 is 12.0 Å². The first-order valence-corrected chi connectivity index (χ1v) is 4.09. The van der Waals surface area contributed by atoms with Gasteiger partial charge in [0, 0.05) is 6.08 Å². The minimum absolute atomic E-state index is 0.0300. The lowest BCUT2D eigenvalue weighted by atomic mass is 10.1. The summed E-state index contributed by atoms with van der Waals surface area (Å²) in [7, 11) is 0. The Balaban J connectivity index is 2.74. The van der Waals surface area contributed by atoms with E-state index in [9.17, 15) is 4.79 Å². The number of nitriles is 1. The lowest BCUT2D eigenvalue weighted by Crippen LogP contribution is -1.99. The summed E-state index contributed by atoms with van der Waals surface area (Å²) in [5.74, 6) is -0.842. The van der Waals surface area contributed by atoms with Gasteiger partial charge in [0.1, 0.15) is 0 Å². The highest BCUT2D eigenvalue weighted by molar-refractivity contribution is 5.70. The molecule has 0 atom stereocenters. The molecule has 0 unspecified atom stereocenters. The van der Waals surface area contributed by atoms with Gasteiger partial charge >= 0.3 is 5.97 Å². The summed E-state index contributed by atoms with van der Waals surface area (Å²) in [5.41, 5.74) is 1.65. The fourth-order valence-corrected chi connectivity index (χ4v) is 1.05. The molecule has 0 aromatic heterocycles. The number of hydrogen-bond donors (Lipinski definition) is 1. The zero-order valence-electron chi connectivity index (χ0n) is 7.47. The monoisotopic (exact) mass is 187 g/mol. The summed E-state index contributed by atoms with van der Waals surface area (Å²) in [4.78, 5) is 10.4. The van der Waals surface area contributed by atoms with Gasteiger partial charge in [0.2, 0.25) is 0 Å². The largest absolute Gasteiger partial charge is 0.481 e. The zero-order chi connectivity index (χ0) is 10.4. The van der Waals surface area contributed by atoms with Crippen LogP contribution in [0.25, 0.3) is 6.08 Å². The predicted molar refractivity (Wildman–Crippen MR) is 52.4 cm³/mol. The van der Waals surface area contributed by atoms with Crippen LogP contribution in [0.5, 0.6) is 0 Å². The Hall–Kier alpha value is -2.08. The molecule has 3 nitrogen and oxygen atoms in total. The van der Waals surface area contributed by atoms with Crippen LogP contribution in [0.2, 0.25) is 0 Å². The Bertz CT molecular complexity index is 385. The Labute approximate surface area is 81.9 Å². The van der Waals surface area contributed by atoms with E-state index in [0.717, 1.165) is 11.1 Å². The molecule has 0 saturated heterocycles. The van der Waals surface area contributed by atoms with Gasteiger partial charge in [-0.25, -0.2) is 0 Å². The molecule has 3 heteroatoms. The number of nitrogens with zero attached hydrogens (tertiary/aromatic N) is 1. The van der Waals surface area contributed by atoms with Crippen LogP contribution in [0.1, 0.15) is 11.1 Å². The highest BCUT2D eigenvalue weighted by Gasteiger charge is 1.98. The molecule has 0 saturated carbocycles. The third kappa shape index (κ3) is 3.11. The van der Waals surface area contributed by atoms with Crippen molar-refractivity contribution in [3.63, 3.8) is 0 Å². The summed E-state index contributed by atoms with van der Waals surface area (Å²) >= 11 is 0. The molecule has 0 amide bonds. The van der Waals surface area contributed by atoms with Gasteiger partial charge in [-0.2, -0.15) is 5.26 Å². The van der Waals surface area contributed by atoms with Crippen molar-refractivity contribution in [3.8, 4) is 6.07 Å². The van der Waals surface area contributed by atoms with Crippen molar-refractivity contribution in [3.05, 3.63) is 41.5 Å². The Kier molecular flexibility index (Phi) is 3.45. The van der Waals surface area contributed by atoms with Crippen molar-refractivity contribution in [1.82, 2.24) is 0 Å². The summed E-state index contributed by atoms with van der Waals surface area (Å²) in [6.07, 6.45) is 3.08. The third-order valence-electron chi connectivity index (χ3n) is 1.69. The molecule has 70 valence electrons. The van der Waals surface area contributed by atoms with Crippen LogP contribution in [0.4, 0.5) is 0 Å². The van der Waals surface area contributed by atoms with Crippen molar-refractivity contribution in [2.75, 3.05) is 0 Å². The quantitative estimate of drug-likeness (QED) is 0.734. The molecule has 0 heterocycles. The smallest absolute Gasteiger partial charge is 0.307 e. The van der Waals surface area contributed by atoms with Gasteiger partial charge in [-0.05, 0) is 17.2 Å². The molecule has 1 aromatic rings. The zero-order valence-corrected chi connectivity index (χ0v) is 7.47. The molecule has 1 aromatic carbocycles. The molecule has 1 N–H and O–H groups in total. The molecule has 0 aliphatic rings. The SMILES string of the molecule is N#C/C=C/c1ccc(CC(=O)O)cc1. The van der Waals surface area contributed by atoms with Crippen LogP contribution in [-0.2, 0) is 11.2 Å². The third-order valence-corrected chi connectivity index (χ3v) is 1.69. The van der Waals surface area contributed by atoms with E-state index < -0.39 is 5.97 Å². The van der Waals surface area contributed by atoms with E-state index in [1.165, 1.54) is 6.08 Å². The van der Waals surface area contributed by atoms with Crippen LogP contribution in [0.3, 0.4) is 0 Å². The lowest BCUT2D eigenvalue weighted by molar-refractivity contribution is -0.136. The first-order chi connectivity index (χ1) is 6.72. The molecule has 0 aliphatic heterocycles. The second-order valence-electron chi connectivity index (χ2n) is 2.77. The Morgan fingerprint density at radius 2 is 2.07 bits per heavy atom. The van der Waals surface area contributed by atoms with Crippen molar-refractivity contribution < 1.29 is 9.90 Å². The van der Waals surface area contributed by atoms with Gasteiger partial charge in [0.05, 0.1) is 12.5 Å². The van der Waals surface area contributed by atoms with E-state index in [1.54, 1.807) is 30.3 Å². The molecule has 0 fully saturated rings. The molecule has 14 heavy (non-hydrogen) atoms. The highest BCUT2D eigenvalue weighted by atomic mass is 16.4. The maximum Gasteiger partial charge on any atom is 0.307 e. The summed E-state index contributed by atoms with van der Waals surface area (Å²) in [5, 5.41) is 16.8. The minimum atomic E-state index is -0.842. The van der Waals surface area contributed by atoms with Crippen LogP contribution in [0, 0.1) is 11.3 Å². The number of carbonyl (C=O) groups is 1. The van der Waals surface area contributed by atoms with Gasteiger partial charge in [-0.3, -0.25) is 4.79 Å². The number of rotatable bonds is 3. The van der Waals surface area contributed by atoms with Gasteiger partial charge in [0.15, 0.2) is 0 Å². The second-order valence-corrected chi connectivity index (χ2v) is 2.77. The fraction of sp³-hybridized carbons (Fsp3) is 0.0909. The molecular formula is C11H9NO2. The number of aliphatic carboxylic acids is 1. The lowest BCUT2D eigenvalue weighted by Gasteiger charge is -1.97. The molecule has 0 aliphatic carbocycles. The van der Waals surface area contributed by atoms with Gasteiger partial charge < -0.3 is 5.11 Å². The highest BCUT2D eigenvalue weighted by Crippen LogP contribution is 2.06. The average Bonchev–Trinajstić information content (AvgIpc) is 2.16. The number of allylic oxidation sites excluding steroid dienone is 1. The standard InChI is InChI=1S/C11H9NO2/c12-7-1-2-9-3-5-10(6-4-9)8-11(13)14/h1-6H,8H2,(H,13,14)/b2-1+. The molecule has 1 rings (SSSR count). The average molecular weight is 187 g/mol. The first-order valence-electron chi connectivity index (χ1n) is 4.09. The van der Waals surface area contributed by atoms with Crippen LogP contribution >= 0.6 is 0 Å². The maximum atomic E-state index is 10.4. The Morgan fingerprint density at radius 3 is 2.57 bits per heavy atom. The number of hydrogen-bond acceptors (Lipinski definition) is 2. The second kappa shape index (κ2) is 4.83. The van der Waals surface area contributed by atoms with Gasteiger partial charge in [-0.1, -0.05) is 24.3 Å². The van der Waals surface area contributed by atoms with E-state index in [-0.39, 0.29) is 6.42 Å². The normalized spacial score (nSPS) is 9.93. The minimum Gasteiger partial charge on any atom is -0.481 e. The summed E-state index contributed by atoms with van der Waals surface area (Å²) in [6, 6.07) is 8.94. The first kappa shape index (κ1) is 10.0. The van der Waals surface area contributed by atoms with Crippen molar-refractivity contribution in [2.24, 2.45) is 0 Å².